The van der Waals surface area contributed by atoms with Crippen molar-refractivity contribution in [1.82, 2.24) is 14.8 Å². The van der Waals surface area contributed by atoms with Crippen molar-refractivity contribution in [3.63, 3.8) is 0 Å². The molecule has 0 unspecified atom stereocenters. The summed E-state index contributed by atoms with van der Waals surface area (Å²) in [6.07, 6.45) is 1.17. The lowest BCUT2D eigenvalue weighted by Crippen LogP contribution is -2.17. The quantitative estimate of drug-likeness (QED) is 0.808. The van der Waals surface area contributed by atoms with E-state index in [1.807, 2.05) is 0 Å². The fraction of sp³-hybridized carbons (Fsp3) is 0.200. The molecule has 0 saturated heterocycles. The highest BCUT2D eigenvalue weighted by Crippen LogP contribution is 2.19. The first-order valence-electron chi connectivity index (χ1n) is 5.69. The highest BCUT2D eigenvalue weighted by atomic mass is 32.3. The Morgan fingerprint density at radius 1 is 1.24 bits per heavy atom. The van der Waals surface area contributed by atoms with E-state index in [0.717, 1.165) is 24.3 Å². The molecule has 114 valence electrons. The zero-order valence-electron chi connectivity index (χ0n) is 10.8. The number of nitrogens with one attached hydrogen (secondary N) is 1. The minimum atomic E-state index is -4.99. The molecular formula is C10H11FN4O4S2. The van der Waals surface area contributed by atoms with E-state index in [1.165, 1.54) is 11.0 Å². The fourth-order valence-electron chi connectivity index (χ4n) is 1.55. The maximum absolute atomic E-state index is 12.9. The highest BCUT2D eigenvalue weighted by Gasteiger charge is 2.20. The number of halogens is 1. The van der Waals surface area contributed by atoms with E-state index in [4.69, 9.17) is 0 Å². The number of aromatic nitrogens is 3. The van der Waals surface area contributed by atoms with E-state index in [9.17, 15) is 20.7 Å². The summed E-state index contributed by atoms with van der Waals surface area (Å²) in [6, 6.07) is 3.96. The summed E-state index contributed by atoms with van der Waals surface area (Å²) in [5.41, 5.74) is 0. The van der Waals surface area contributed by atoms with Crippen LogP contribution in [0.4, 0.5) is 9.83 Å². The number of aryl methyl sites for hydroxylation is 1. The third-order valence-corrected chi connectivity index (χ3v) is 4.68. The molecule has 1 aromatic heterocycles. The molecular weight excluding hydrogens is 323 g/mol. The standard InChI is InChI=1S/C10H11FN4O4S2/c1-2-15-10(12-7-13-15)14-21(18,19)9-5-3-4-8(6-9)20(11,16)17/h3-7H,2H2,1H3,(H,12,13,14). The average molecular weight is 334 g/mol. The van der Waals surface area contributed by atoms with Crippen LogP contribution in [0.5, 0.6) is 0 Å². The van der Waals surface area contributed by atoms with Crippen LogP contribution in [0.1, 0.15) is 6.92 Å². The van der Waals surface area contributed by atoms with Gasteiger partial charge in [0.2, 0.25) is 5.95 Å². The topological polar surface area (TPSA) is 111 Å². The molecule has 0 radical (unpaired) electrons. The minimum Gasteiger partial charge on any atom is -0.247 e. The predicted octanol–water partition coefficient (Wildman–Crippen LogP) is 0.757. The monoisotopic (exact) mass is 334 g/mol. The van der Waals surface area contributed by atoms with Crippen molar-refractivity contribution < 1.29 is 20.7 Å². The smallest absolute Gasteiger partial charge is 0.247 e. The maximum atomic E-state index is 12.9. The number of sulfonamides is 1. The number of hydrogen-bond donors (Lipinski definition) is 1. The van der Waals surface area contributed by atoms with E-state index in [-0.39, 0.29) is 5.95 Å². The highest BCUT2D eigenvalue weighted by molar-refractivity contribution is 7.92. The van der Waals surface area contributed by atoms with E-state index in [2.05, 4.69) is 14.8 Å². The lowest BCUT2D eigenvalue weighted by Gasteiger charge is -2.08. The van der Waals surface area contributed by atoms with Gasteiger partial charge in [0.15, 0.2) is 0 Å². The molecule has 1 aromatic carbocycles. The van der Waals surface area contributed by atoms with Crippen molar-refractivity contribution in [2.45, 2.75) is 23.3 Å². The van der Waals surface area contributed by atoms with E-state index in [1.54, 1.807) is 6.92 Å². The van der Waals surface area contributed by atoms with Crippen LogP contribution in [0.3, 0.4) is 0 Å². The third-order valence-electron chi connectivity index (χ3n) is 2.54. The fourth-order valence-corrected chi connectivity index (χ4v) is 3.19. The van der Waals surface area contributed by atoms with Crippen LogP contribution in [-0.2, 0) is 26.8 Å². The number of benzene rings is 1. The second-order valence-electron chi connectivity index (χ2n) is 3.92. The zero-order chi connectivity index (χ0) is 15.7. The second-order valence-corrected chi connectivity index (χ2v) is 6.95. The average Bonchev–Trinajstić information content (AvgIpc) is 2.84. The van der Waals surface area contributed by atoms with Crippen LogP contribution in [0.2, 0.25) is 0 Å². The van der Waals surface area contributed by atoms with Crippen molar-refractivity contribution in [3.8, 4) is 0 Å². The molecule has 2 rings (SSSR count). The first-order valence-corrected chi connectivity index (χ1v) is 8.56. The van der Waals surface area contributed by atoms with Crippen LogP contribution >= 0.6 is 0 Å². The molecule has 0 aliphatic rings. The zero-order valence-corrected chi connectivity index (χ0v) is 12.4. The maximum Gasteiger partial charge on any atom is 0.332 e. The molecule has 1 N–H and O–H groups in total. The van der Waals surface area contributed by atoms with Crippen molar-refractivity contribution in [1.29, 1.82) is 0 Å². The molecule has 21 heavy (non-hydrogen) atoms. The summed E-state index contributed by atoms with van der Waals surface area (Å²) in [4.78, 5) is 2.61. The van der Waals surface area contributed by atoms with Gasteiger partial charge in [0, 0.05) is 6.54 Å². The summed E-state index contributed by atoms with van der Waals surface area (Å²) in [7, 11) is -9.09. The number of rotatable bonds is 5. The summed E-state index contributed by atoms with van der Waals surface area (Å²) in [6.45, 7) is 2.12. The SMILES string of the molecule is CCn1ncnc1NS(=O)(=O)c1cccc(S(=O)(=O)F)c1. The van der Waals surface area contributed by atoms with Gasteiger partial charge in [-0.05, 0) is 25.1 Å². The van der Waals surface area contributed by atoms with E-state index >= 15 is 0 Å². The van der Waals surface area contributed by atoms with Crippen LogP contribution in [0.15, 0.2) is 40.4 Å². The van der Waals surface area contributed by atoms with Gasteiger partial charge in [-0.1, -0.05) is 6.07 Å². The van der Waals surface area contributed by atoms with E-state index in [0.29, 0.717) is 6.54 Å². The first-order chi connectivity index (χ1) is 9.74. The van der Waals surface area contributed by atoms with Crippen LogP contribution < -0.4 is 4.72 Å². The number of nitrogens with zero attached hydrogens (tertiary/aromatic N) is 3. The molecule has 0 atom stereocenters. The molecule has 0 aliphatic carbocycles. The Kier molecular flexibility index (Phi) is 3.96. The van der Waals surface area contributed by atoms with Crippen LogP contribution in [0, 0.1) is 0 Å². The van der Waals surface area contributed by atoms with Crippen LogP contribution in [0.25, 0.3) is 0 Å². The predicted molar refractivity (Wildman–Crippen MR) is 71.2 cm³/mol. The Labute approximate surface area is 120 Å². The molecule has 2 aromatic rings. The Balaban J connectivity index is 2.41. The second kappa shape index (κ2) is 5.41. The van der Waals surface area contributed by atoms with Crippen molar-refractivity contribution >= 4 is 26.2 Å². The third kappa shape index (κ3) is 3.36. The van der Waals surface area contributed by atoms with Gasteiger partial charge < -0.3 is 0 Å². The molecule has 0 aliphatic heterocycles. The Morgan fingerprint density at radius 3 is 2.52 bits per heavy atom. The van der Waals surface area contributed by atoms with Crippen molar-refractivity contribution in [2.75, 3.05) is 4.72 Å². The van der Waals surface area contributed by atoms with Crippen molar-refractivity contribution in [3.05, 3.63) is 30.6 Å². The first kappa shape index (κ1) is 15.4. The van der Waals surface area contributed by atoms with E-state index < -0.39 is 30.0 Å². The summed E-state index contributed by atoms with van der Waals surface area (Å²) in [5, 5.41) is 3.79. The van der Waals surface area contributed by atoms with Gasteiger partial charge >= 0.3 is 10.2 Å². The van der Waals surface area contributed by atoms with Crippen molar-refractivity contribution in [2.24, 2.45) is 0 Å². The van der Waals surface area contributed by atoms with Gasteiger partial charge in [0.05, 0.1) is 9.79 Å². The normalized spacial score (nSPS) is 12.3. The summed E-state index contributed by atoms with van der Waals surface area (Å²) >= 11 is 0. The molecule has 0 saturated carbocycles. The van der Waals surface area contributed by atoms with Gasteiger partial charge in [0.1, 0.15) is 6.33 Å². The van der Waals surface area contributed by atoms with Gasteiger partial charge in [0.25, 0.3) is 10.0 Å². The Bertz CT molecular complexity index is 861. The minimum absolute atomic E-state index is 0.0222. The van der Waals surface area contributed by atoms with Gasteiger partial charge in [-0.25, -0.2) is 17.8 Å². The number of hydrogen-bond acceptors (Lipinski definition) is 6. The lowest BCUT2D eigenvalue weighted by atomic mass is 10.4. The summed E-state index contributed by atoms with van der Waals surface area (Å²) in [5.74, 6) is -0.0222. The molecule has 11 heteroatoms. The molecule has 8 nitrogen and oxygen atoms in total. The Morgan fingerprint density at radius 2 is 1.90 bits per heavy atom. The largest absolute Gasteiger partial charge is 0.332 e. The van der Waals surface area contributed by atoms with Crippen LogP contribution in [-0.4, -0.2) is 31.6 Å². The van der Waals surface area contributed by atoms with Gasteiger partial charge in [-0.2, -0.15) is 18.5 Å². The lowest BCUT2D eigenvalue weighted by molar-refractivity contribution is 0.552. The summed E-state index contributed by atoms with van der Waals surface area (Å²) < 4.78 is 62.3. The Hall–Kier alpha value is -2.01. The molecule has 0 spiro atoms. The van der Waals surface area contributed by atoms with Gasteiger partial charge in [-0.3, -0.25) is 0 Å². The van der Waals surface area contributed by atoms with Gasteiger partial charge in [-0.15, -0.1) is 3.89 Å². The molecule has 0 amide bonds. The molecule has 1 heterocycles. The number of anilines is 1. The molecule has 0 fully saturated rings. The molecule has 0 bridgehead atoms.